The first-order chi connectivity index (χ1) is 5.99. The third kappa shape index (κ3) is 3.36. The quantitative estimate of drug-likeness (QED) is 0.538. The van der Waals surface area contributed by atoms with Gasteiger partial charge in [0.1, 0.15) is 0 Å². The molecule has 1 aromatic carbocycles. The first-order valence-electron chi connectivity index (χ1n) is 4.02. The lowest BCUT2D eigenvalue weighted by Gasteiger charge is -2.14. The van der Waals surface area contributed by atoms with E-state index in [0.29, 0.717) is 5.56 Å². The third-order valence-corrected chi connectivity index (χ3v) is 1.59. The zero-order valence-electron chi connectivity index (χ0n) is 7.40. The molecule has 13 heavy (non-hydrogen) atoms. The molecule has 0 aliphatic heterocycles. The fourth-order valence-electron chi connectivity index (χ4n) is 1.03. The van der Waals surface area contributed by atoms with Crippen molar-refractivity contribution in [3.05, 3.63) is 35.9 Å². The lowest BCUT2D eigenvalue weighted by atomic mass is 10.0. The molecule has 0 fully saturated rings. The molecule has 3 heteroatoms. The Labute approximate surface area is 76.6 Å². The van der Waals surface area contributed by atoms with Crippen LogP contribution in [-0.4, -0.2) is 21.8 Å². The van der Waals surface area contributed by atoms with E-state index in [9.17, 15) is 4.79 Å². The van der Waals surface area contributed by atoms with Crippen LogP contribution in [-0.2, 0) is 0 Å². The van der Waals surface area contributed by atoms with E-state index < -0.39 is 5.79 Å². The molecular formula is C10H12O3. The standard InChI is InChI=1S/C10H12O3/c1-10(12,13)7-9(11)8-5-3-2-4-6-8/h2-6,12-13H,7H2,1H3. The maximum Gasteiger partial charge on any atom is 0.168 e. The number of aliphatic hydroxyl groups is 2. The minimum Gasteiger partial charge on any atom is -0.365 e. The average molecular weight is 180 g/mol. The van der Waals surface area contributed by atoms with Gasteiger partial charge in [-0.1, -0.05) is 30.3 Å². The summed E-state index contributed by atoms with van der Waals surface area (Å²) in [5.41, 5.74) is 0.497. The summed E-state index contributed by atoms with van der Waals surface area (Å²) in [5.74, 6) is -2.19. The van der Waals surface area contributed by atoms with Crippen LogP contribution in [0, 0.1) is 0 Å². The molecule has 0 aromatic heterocycles. The van der Waals surface area contributed by atoms with Crippen LogP contribution in [0.5, 0.6) is 0 Å². The van der Waals surface area contributed by atoms with Crippen LogP contribution in [0.4, 0.5) is 0 Å². The van der Waals surface area contributed by atoms with Crippen molar-refractivity contribution in [3.8, 4) is 0 Å². The predicted molar refractivity (Wildman–Crippen MR) is 48.2 cm³/mol. The summed E-state index contributed by atoms with van der Waals surface area (Å²) in [5, 5.41) is 18.0. The van der Waals surface area contributed by atoms with E-state index in [4.69, 9.17) is 10.2 Å². The fourth-order valence-corrected chi connectivity index (χ4v) is 1.03. The highest BCUT2D eigenvalue weighted by atomic mass is 16.5. The minimum atomic E-state index is -1.92. The van der Waals surface area contributed by atoms with Crippen molar-refractivity contribution in [1.29, 1.82) is 0 Å². The molecule has 1 rings (SSSR count). The van der Waals surface area contributed by atoms with E-state index in [-0.39, 0.29) is 12.2 Å². The topological polar surface area (TPSA) is 57.5 Å². The highest BCUT2D eigenvalue weighted by Crippen LogP contribution is 2.10. The Kier molecular flexibility index (Phi) is 2.80. The van der Waals surface area contributed by atoms with E-state index in [2.05, 4.69) is 0 Å². The normalized spacial score (nSPS) is 11.3. The van der Waals surface area contributed by atoms with Gasteiger partial charge >= 0.3 is 0 Å². The lowest BCUT2D eigenvalue weighted by Crippen LogP contribution is -2.26. The number of ketones is 1. The molecule has 0 amide bonds. The molecular weight excluding hydrogens is 168 g/mol. The van der Waals surface area contributed by atoms with Gasteiger partial charge in [-0.3, -0.25) is 4.79 Å². The number of carbonyl (C=O) groups is 1. The predicted octanol–water partition coefficient (Wildman–Crippen LogP) is 0.960. The van der Waals surface area contributed by atoms with Gasteiger partial charge in [0.15, 0.2) is 11.6 Å². The Bertz CT molecular complexity index is 285. The number of carbonyl (C=O) groups excluding carboxylic acids is 1. The smallest absolute Gasteiger partial charge is 0.168 e. The molecule has 0 heterocycles. The highest BCUT2D eigenvalue weighted by molar-refractivity contribution is 5.96. The summed E-state index contributed by atoms with van der Waals surface area (Å²) in [6.45, 7) is 1.19. The third-order valence-electron chi connectivity index (χ3n) is 1.59. The van der Waals surface area contributed by atoms with Crippen LogP contribution in [0.25, 0.3) is 0 Å². The molecule has 0 bridgehead atoms. The van der Waals surface area contributed by atoms with Crippen LogP contribution in [0.15, 0.2) is 30.3 Å². The number of rotatable bonds is 3. The number of Topliss-reactive ketones (excluding diaryl/α,β-unsaturated/α-hetero) is 1. The molecule has 0 aliphatic rings. The van der Waals surface area contributed by atoms with Gasteiger partial charge < -0.3 is 10.2 Å². The average Bonchev–Trinajstić information content (AvgIpc) is 2.03. The summed E-state index contributed by atoms with van der Waals surface area (Å²) in [6.07, 6.45) is -0.281. The minimum absolute atomic E-state index is 0.270. The second-order valence-corrected chi connectivity index (χ2v) is 3.18. The molecule has 0 saturated heterocycles. The molecule has 0 radical (unpaired) electrons. The summed E-state index contributed by atoms with van der Waals surface area (Å²) in [7, 11) is 0. The summed E-state index contributed by atoms with van der Waals surface area (Å²) in [6, 6.07) is 8.56. The van der Waals surface area contributed by atoms with Crippen molar-refractivity contribution < 1.29 is 15.0 Å². The Morgan fingerprint density at radius 1 is 1.31 bits per heavy atom. The first-order valence-corrected chi connectivity index (χ1v) is 4.02. The van der Waals surface area contributed by atoms with Gasteiger partial charge in [0.25, 0.3) is 0 Å². The molecule has 0 unspecified atom stereocenters. The molecule has 70 valence electrons. The Morgan fingerprint density at radius 3 is 2.31 bits per heavy atom. The van der Waals surface area contributed by atoms with E-state index in [1.54, 1.807) is 30.3 Å². The maximum atomic E-state index is 11.3. The molecule has 0 spiro atoms. The molecule has 1 aromatic rings. The van der Waals surface area contributed by atoms with Crippen LogP contribution >= 0.6 is 0 Å². The van der Waals surface area contributed by atoms with Crippen molar-refractivity contribution in [2.75, 3.05) is 0 Å². The van der Waals surface area contributed by atoms with Gasteiger partial charge in [-0.15, -0.1) is 0 Å². The molecule has 3 nitrogen and oxygen atoms in total. The lowest BCUT2D eigenvalue weighted by molar-refractivity contribution is -0.140. The molecule has 2 N–H and O–H groups in total. The van der Waals surface area contributed by atoms with Gasteiger partial charge in [0.2, 0.25) is 0 Å². The Hall–Kier alpha value is -1.19. The SMILES string of the molecule is CC(O)(O)CC(=O)c1ccccc1. The van der Waals surface area contributed by atoms with Crippen molar-refractivity contribution in [1.82, 2.24) is 0 Å². The largest absolute Gasteiger partial charge is 0.365 e. The molecule has 0 aliphatic carbocycles. The highest BCUT2D eigenvalue weighted by Gasteiger charge is 2.20. The number of benzene rings is 1. The van der Waals surface area contributed by atoms with Crippen LogP contribution < -0.4 is 0 Å². The van der Waals surface area contributed by atoms with Crippen LogP contribution in [0.1, 0.15) is 23.7 Å². The zero-order valence-corrected chi connectivity index (χ0v) is 7.40. The van der Waals surface area contributed by atoms with Crippen LogP contribution in [0.3, 0.4) is 0 Å². The van der Waals surface area contributed by atoms with Gasteiger partial charge in [-0.05, 0) is 6.92 Å². The second-order valence-electron chi connectivity index (χ2n) is 3.18. The van der Waals surface area contributed by atoms with E-state index in [1.807, 2.05) is 0 Å². The number of hydrogen-bond acceptors (Lipinski definition) is 3. The van der Waals surface area contributed by atoms with Gasteiger partial charge in [-0.25, -0.2) is 0 Å². The first kappa shape index (κ1) is 9.89. The van der Waals surface area contributed by atoms with Crippen molar-refractivity contribution >= 4 is 5.78 Å². The Morgan fingerprint density at radius 2 is 1.85 bits per heavy atom. The number of hydrogen-bond donors (Lipinski definition) is 2. The fraction of sp³-hybridized carbons (Fsp3) is 0.300. The van der Waals surface area contributed by atoms with Gasteiger partial charge in [0, 0.05) is 5.56 Å². The second kappa shape index (κ2) is 3.68. The van der Waals surface area contributed by atoms with Gasteiger partial charge in [0.05, 0.1) is 6.42 Å². The van der Waals surface area contributed by atoms with Crippen molar-refractivity contribution in [2.45, 2.75) is 19.1 Å². The van der Waals surface area contributed by atoms with Crippen LogP contribution in [0.2, 0.25) is 0 Å². The molecule has 0 saturated carbocycles. The van der Waals surface area contributed by atoms with E-state index >= 15 is 0 Å². The molecule has 0 atom stereocenters. The van der Waals surface area contributed by atoms with Crippen molar-refractivity contribution in [2.24, 2.45) is 0 Å². The van der Waals surface area contributed by atoms with Crippen molar-refractivity contribution in [3.63, 3.8) is 0 Å². The zero-order chi connectivity index (χ0) is 9.90. The van der Waals surface area contributed by atoms with E-state index in [1.165, 1.54) is 6.92 Å². The summed E-state index contributed by atoms with van der Waals surface area (Å²) < 4.78 is 0. The monoisotopic (exact) mass is 180 g/mol. The maximum absolute atomic E-state index is 11.3. The van der Waals surface area contributed by atoms with E-state index in [0.717, 1.165) is 0 Å². The summed E-state index contributed by atoms with van der Waals surface area (Å²) >= 11 is 0. The van der Waals surface area contributed by atoms with Gasteiger partial charge in [-0.2, -0.15) is 0 Å². The summed E-state index contributed by atoms with van der Waals surface area (Å²) in [4.78, 5) is 11.3. The Balaban J connectivity index is 2.71.